The molecule has 40 heavy (non-hydrogen) atoms. The number of rotatable bonds is 13. The van der Waals surface area contributed by atoms with Crippen molar-refractivity contribution >= 4 is 24.6 Å². The average Bonchev–Trinajstić information content (AvgIpc) is 3.15. The topological polar surface area (TPSA) is 124 Å². The smallest absolute Gasteiger partial charge is 0.271 e. The molecule has 0 saturated carbocycles. The van der Waals surface area contributed by atoms with Gasteiger partial charge in [-0.25, -0.2) is 5.10 Å². The number of hydrogen-bond acceptors (Lipinski definition) is 6. The number of carbonyl (C=O) groups excluding carboxylic acids is 2. The van der Waals surface area contributed by atoms with Gasteiger partial charge >= 0.3 is 0 Å². The van der Waals surface area contributed by atoms with Gasteiger partial charge in [0.2, 0.25) is 5.91 Å². The zero-order chi connectivity index (χ0) is 30.0. The molecule has 0 bridgehead atoms. The van der Waals surface area contributed by atoms with Crippen LogP contribution >= 0.6 is 0 Å². The lowest BCUT2D eigenvalue weighted by atomic mass is 9.91. The normalized spacial score (nSPS) is 16.8. The van der Waals surface area contributed by atoms with E-state index in [2.05, 4.69) is 33.3 Å². The van der Waals surface area contributed by atoms with Gasteiger partial charge in [0.05, 0.1) is 6.61 Å². The molecule has 1 unspecified atom stereocenters. The van der Waals surface area contributed by atoms with Crippen LogP contribution in [-0.2, 0) is 9.59 Å². The molecule has 0 saturated heterocycles. The number of aliphatic hydroxyl groups excluding tert-OH is 1. The van der Waals surface area contributed by atoms with E-state index < -0.39 is 5.41 Å². The monoisotopic (exact) mass is 544 g/mol. The number of aromatic nitrogens is 2. The number of nitrogens with zero attached hydrogens (tertiary/aromatic N) is 1. The van der Waals surface area contributed by atoms with Crippen molar-refractivity contribution in [2.45, 2.75) is 40.0 Å². The van der Waals surface area contributed by atoms with Crippen LogP contribution in [0.3, 0.4) is 0 Å². The summed E-state index contributed by atoms with van der Waals surface area (Å²) in [4.78, 5) is 32.5. The Morgan fingerprint density at radius 3 is 2.73 bits per heavy atom. The lowest BCUT2D eigenvalue weighted by Gasteiger charge is -2.17. The zero-order valence-electron chi connectivity index (χ0n) is 23.6. The second-order valence-corrected chi connectivity index (χ2v) is 9.38. The van der Waals surface area contributed by atoms with Gasteiger partial charge in [-0.2, -0.15) is 5.10 Å². The molecule has 1 aromatic heterocycles. The molecule has 0 aliphatic heterocycles. The van der Waals surface area contributed by atoms with Gasteiger partial charge in [-0.1, -0.05) is 73.8 Å². The first-order chi connectivity index (χ1) is 19.2. The molecular weight excluding hydrogens is 504 g/mol. The number of hydrogen-bond donors (Lipinski definition) is 4. The summed E-state index contributed by atoms with van der Waals surface area (Å²) in [6.45, 7) is 12.4. The number of H-pyrrole nitrogens is 1. The number of anilines is 1. The van der Waals surface area contributed by atoms with E-state index in [0.29, 0.717) is 37.3 Å². The van der Waals surface area contributed by atoms with E-state index in [9.17, 15) is 14.7 Å². The summed E-state index contributed by atoms with van der Waals surface area (Å²) in [6.07, 6.45) is 25.7. The van der Waals surface area contributed by atoms with Gasteiger partial charge in [0.15, 0.2) is 0 Å². The maximum absolute atomic E-state index is 12.5. The summed E-state index contributed by atoms with van der Waals surface area (Å²) in [5.41, 5.74) is 3.42. The second-order valence-electron chi connectivity index (χ2n) is 9.38. The molecule has 1 atom stereocenters. The van der Waals surface area contributed by atoms with E-state index in [-0.39, 0.29) is 24.5 Å². The summed E-state index contributed by atoms with van der Waals surface area (Å²) >= 11 is 0. The van der Waals surface area contributed by atoms with Crippen LogP contribution in [0.4, 0.5) is 5.82 Å². The summed E-state index contributed by atoms with van der Waals surface area (Å²) in [5.74, 6) is 3.17. The molecule has 4 N–H and O–H groups in total. The van der Waals surface area contributed by atoms with E-state index in [1.54, 1.807) is 18.2 Å². The molecule has 2 rings (SSSR count). The minimum Gasteiger partial charge on any atom is -0.395 e. The van der Waals surface area contributed by atoms with Crippen molar-refractivity contribution < 1.29 is 14.7 Å². The molecule has 0 spiro atoms. The fourth-order valence-electron chi connectivity index (χ4n) is 3.73. The predicted molar refractivity (Wildman–Crippen MR) is 164 cm³/mol. The van der Waals surface area contributed by atoms with Crippen molar-refractivity contribution in [2.24, 2.45) is 5.41 Å². The van der Waals surface area contributed by atoms with Gasteiger partial charge in [-0.15, -0.1) is 12.3 Å². The molecule has 212 valence electrons. The zero-order valence-corrected chi connectivity index (χ0v) is 23.6. The van der Waals surface area contributed by atoms with Crippen LogP contribution in [0.5, 0.6) is 0 Å². The molecule has 1 aliphatic carbocycles. The highest BCUT2D eigenvalue weighted by Crippen LogP contribution is 2.27. The molecule has 0 radical (unpaired) electrons. The van der Waals surface area contributed by atoms with E-state index >= 15 is 0 Å². The van der Waals surface area contributed by atoms with Gasteiger partial charge in [0.25, 0.3) is 5.56 Å². The molecule has 8 nitrogen and oxygen atoms in total. The number of amides is 1. The first kappa shape index (κ1) is 33.5. The van der Waals surface area contributed by atoms with Crippen molar-refractivity contribution in [3.63, 3.8) is 0 Å². The van der Waals surface area contributed by atoms with Gasteiger partial charge < -0.3 is 20.5 Å². The maximum Gasteiger partial charge on any atom is 0.271 e. The molecule has 8 heteroatoms. The van der Waals surface area contributed by atoms with E-state index in [4.69, 9.17) is 11.2 Å². The second kappa shape index (κ2) is 17.9. The van der Waals surface area contributed by atoms with Crippen LogP contribution < -0.4 is 16.2 Å². The van der Waals surface area contributed by atoms with Crippen molar-refractivity contribution in [3.05, 3.63) is 99.5 Å². The van der Waals surface area contributed by atoms with Gasteiger partial charge in [-0.05, 0) is 37.5 Å². The summed E-state index contributed by atoms with van der Waals surface area (Å²) in [5, 5.41) is 22.4. The third kappa shape index (κ3) is 11.1. The molecule has 0 aromatic carbocycles. The van der Waals surface area contributed by atoms with Crippen LogP contribution in [0.25, 0.3) is 6.08 Å². The lowest BCUT2D eigenvalue weighted by Crippen LogP contribution is -2.26. The number of carbonyl (C=O) groups is 2. The van der Waals surface area contributed by atoms with Crippen LogP contribution in [0.2, 0.25) is 0 Å². The lowest BCUT2D eigenvalue weighted by molar-refractivity contribution is -0.120. The third-order valence-electron chi connectivity index (χ3n) is 5.99. The quantitative estimate of drug-likeness (QED) is 0.166. The van der Waals surface area contributed by atoms with Crippen molar-refractivity contribution in [3.8, 4) is 12.3 Å². The molecular formula is C32H40N4O4. The highest BCUT2D eigenvalue weighted by atomic mass is 16.3. The Morgan fingerprint density at radius 2 is 2.05 bits per heavy atom. The van der Waals surface area contributed by atoms with Crippen molar-refractivity contribution in [1.29, 1.82) is 0 Å². The first-order valence-electron chi connectivity index (χ1n) is 12.9. The van der Waals surface area contributed by atoms with Crippen molar-refractivity contribution in [2.75, 3.05) is 25.0 Å². The first-order valence-corrected chi connectivity index (χ1v) is 12.9. The number of allylic oxidation sites excluding steroid dienone is 9. The number of aromatic amines is 1. The predicted octanol–water partition coefficient (Wildman–Crippen LogP) is 4.35. The molecule has 1 heterocycles. The van der Waals surface area contributed by atoms with Gasteiger partial charge in [0.1, 0.15) is 12.6 Å². The standard InChI is InChI=1S/C31H38N4O3.CH2O/c1-6-8-12-26(25-13-10-16-31(5,22-36)17-15-25)20-23(3)21-28(37)32-18-11-19-33-29-24(4)27(14-9-7-2)30(38)35-34-29;1-2/h1,7,9-10,12-17,20,36H,2,8,11,18-19,21-22H2,3-5H3,(H,32,37)(H,33,34)(H,35,38);1H2/b14-9-,23-20+,26-12+;. The highest BCUT2D eigenvalue weighted by Gasteiger charge is 2.17. The number of aliphatic hydroxyl groups is 1. The van der Waals surface area contributed by atoms with Crippen LogP contribution in [0.1, 0.15) is 44.2 Å². The van der Waals surface area contributed by atoms with E-state index in [1.165, 1.54) is 0 Å². The van der Waals surface area contributed by atoms with Crippen molar-refractivity contribution in [1.82, 2.24) is 15.5 Å². The summed E-state index contributed by atoms with van der Waals surface area (Å²) in [7, 11) is 0. The van der Waals surface area contributed by atoms with Crippen LogP contribution in [0.15, 0.2) is 82.8 Å². The molecule has 0 fully saturated rings. The number of terminal acetylenes is 1. The Hall–Kier alpha value is -4.48. The Balaban J connectivity index is 0.00000391. The fraction of sp³-hybridized carbons (Fsp3) is 0.312. The Labute approximate surface area is 237 Å². The molecule has 1 aromatic rings. The Morgan fingerprint density at radius 1 is 1.30 bits per heavy atom. The molecule has 1 amide bonds. The van der Waals surface area contributed by atoms with E-state index in [0.717, 1.165) is 22.3 Å². The third-order valence-corrected chi connectivity index (χ3v) is 5.99. The number of nitrogens with one attached hydrogen (secondary N) is 3. The fourth-order valence-corrected chi connectivity index (χ4v) is 3.73. The largest absolute Gasteiger partial charge is 0.395 e. The Bertz CT molecular complexity index is 1300. The van der Waals surface area contributed by atoms with Crippen LogP contribution in [-0.4, -0.2) is 47.7 Å². The van der Waals surface area contributed by atoms with Crippen LogP contribution in [0, 0.1) is 24.7 Å². The Kier molecular flexibility index (Phi) is 15.0. The highest BCUT2D eigenvalue weighted by molar-refractivity contribution is 5.78. The van der Waals surface area contributed by atoms with Gasteiger partial charge in [0, 0.05) is 42.5 Å². The maximum atomic E-state index is 12.5. The minimum atomic E-state index is -0.416. The molecule has 1 aliphatic rings. The SMILES string of the molecule is C#CC/C=C(\C=C(/C)CC(=O)NCCCNc1n[nH]c(=O)c(/C=C\C=C)c1C)C1=CC=CC(C)(CO)C=C1.C=O. The summed E-state index contributed by atoms with van der Waals surface area (Å²) < 4.78 is 0. The van der Waals surface area contributed by atoms with E-state index in [1.807, 2.05) is 70.1 Å². The van der Waals surface area contributed by atoms with Gasteiger partial charge in [-0.3, -0.25) is 9.59 Å². The average molecular weight is 545 g/mol. The minimum absolute atomic E-state index is 0.0180. The summed E-state index contributed by atoms with van der Waals surface area (Å²) in [6, 6.07) is 0.